The molecule has 2 aromatic heterocycles. The molecule has 0 radical (unpaired) electrons. The van der Waals surface area contributed by atoms with Gasteiger partial charge in [0.2, 0.25) is 0 Å². The highest BCUT2D eigenvalue weighted by Gasteiger charge is 2.34. The van der Waals surface area contributed by atoms with Gasteiger partial charge < -0.3 is 13.9 Å². The van der Waals surface area contributed by atoms with Crippen LogP contribution in [0.15, 0.2) is 29.1 Å². The highest BCUT2D eigenvalue weighted by molar-refractivity contribution is 5.91. The number of carbonyl (C=O) groups excluding carboxylic acids is 1. The van der Waals surface area contributed by atoms with Crippen molar-refractivity contribution in [3.63, 3.8) is 0 Å². The van der Waals surface area contributed by atoms with Crippen LogP contribution < -0.4 is 0 Å². The molecule has 1 unspecified atom stereocenters. The zero-order valence-electron chi connectivity index (χ0n) is 12.4. The summed E-state index contributed by atoms with van der Waals surface area (Å²) in [5.41, 5.74) is 0. The third-order valence-corrected chi connectivity index (χ3v) is 3.75. The average molecular weight is 288 g/mol. The minimum absolute atomic E-state index is 0.0103. The van der Waals surface area contributed by atoms with Gasteiger partial charge in [-0.2, -0.15) is 0 Å². The van der Waals surface area contributed by atoms with Gasteiger partial charge in [-0.05, 0) is 30.9 Å². The molecule has 6 nitrogen and oxygen atoms in total. The van der Waals surface area contributed by atoms with Gasteiger partial charge in [-0.1, -0.05) is 13.8 Å². The Morgan fingerprint density at radius 2 is 2.38 bits per heavy atom. The lowest BCUT2D eigenvalue weighted by atomic mass is 10.1. The Labute approximate surface area is 123 Å². The number of amides is 1. The van der Waals surface area contributed by atoms with E-state index in [1.54, 1.807) is 18.5 Å². The van der Waals surface area contributed by atoms with Crippen LogP contribution in [0, 0.1) is 5.92 Å². The Morgan fingerprint density at radius 3 is 3.10 bits per heavy atom. The summed E-state index contributed by atoms with van der Waals surface area (Å²) < 4.78 is 7.29. The van der Waals surface area contributed by atoms with Crippen molar-refractivity contribution in [2.45, 2.75) is 39.3 Å². The first kappa shape index (κ1) is 13.9. The molecule has 1 aliphatic heterocycles. The van der Waals surface area contributed by atoms with E-state index in [0.717, 1.165) is 31.8 Å². The molecule has 1 fully saturated rings. The first-order chi connectivity index (χ1) is 10.2. The molecule has 1 saturated heterocycles. The van der Waals surface area contributed by atoms with Gasteiger partial charge in [-0.3, -0.25) is 4.79 Å². The van der Waals surface area contributed by atoms with E-state index in [1.165, 1.54) is 6.26 Å². The van der Waals surface area contributed by atoms with Gasteiger partial charge in [-0.25, -0.2) is 0 Å². The van der Waals surface area contributed by atoms with Crippen LogP contribution in [0.25, 0.3) is 0 Å². The third-order valence-electron chi connectivity index (χ3n) is 3.75. The summed E-state index contributed by atoms with van der Waals surface area (Å²) in [4.78, 5) is 14.4. The van der Waals surface area contributed by atoms with Gasteiger partial charge in [0.15, 0.2) is 11.6 Å². The Balaban J connectivity index is 1.84. The van der Waals surface area contributed by atoms with Crippen LogP contribution in [-0.4, -0.2) is 32.1 Å². The van der Waals surface area contributed by atoms with E-state index in [2.05, 4.69) is 28.6 Å². The first-order valence-corrected chi connectivity index (χ1v) is 7.39. The van der Waals surface area contributed by atoms with Gasteiger partial charge in [0, 0.05) is 13.1 Å². The molecule has 3 rings (SSSR count). The second-order valence-corrected chi connectivity index (χ2v) is 5.87. The predicted molar refractivity (Wildman–Crippen MR) is 76.6 cm³/mol. The molecule has 0 N–H and O–H groups in total. The highest BCUT2D eigenvalue weighted by atomic mass is 16.3. The van der Waals surface area contributed by atoms with Crippen molar-refractivity contribution in [2.75, 3.05) is 6.54 Å². The molecule has 0 bridgehead atoms. The lowest BCUT2D eigenvalue weighted by Gasteiger charge is -2.24. The van der Waals surface area contributed by atoms with Gasteiger partial charge in [0.05, 0.1) is 12.3 Å². The molecule has 0 saturated carbocycles. The van der Waals surface area contributed by atoms with Crippen LogP contribution in [0.1, 0.15) is 49.1 Å². The van der Waals surface area contributed by atoms with E-state index in [1.807, 2.05) is 4.90 Å². The number of aromatic nitrogens is 3. The summed E-state index contributed by atoms with van der Waals surface area (Å²) in [5.74, 6) is 1.70. The maximum absolute atomic E-state index is 12.5. The van der Waals surface area contributed by atoms with E-state index in [0.29, 0.717) is 11.7 Å². The van der Waals surface area contributed by atoms with Gasteiger partial charge in [0.25, 0.3) is 5.91 Å². The number of rotatable bonds is 4. The molecule has 0 aliphatic carbocycles. The second kappa shape index (κ2) is 5.71. The second-order valence-electron chi connectivity index (χ2n) is 5.87. The Hall–Kier alpha value is -2.11. The Bertz CT molecular complexity index is 603. The highest BCUT2D eigenvalue weighted by Crippen LogP contribution is 2.32. The summed E-state index contributed by atoms with van der Waals surface area (Å²) >= 11 is 0. The van der Waals surface area contributed by atoms with Gasteiger partial charge >= 0.3 is 0 Å². The van der Waals surface area contributed by atoms with Crippen molar-refractivity contribution in [3.8, 4) is 0 Å². The fourth-order valence-electron chi connectivity index (χ4n) is 2.88. The Morgan fingerprint density at radius 1 is 1.52 bits per heavy atom. The van der Waals surface area contributed by atoms with Crippen molar-refractivity contribution in [1.82, 2.24) is 19.7 Å². The summed E-state index contributed by atoms with van der Waals surface area (Å²) in [6.07, 6.45) is 5.18. The zero-order chi connectivity index (χ0) is 14.8. The zero-order valence-corrected chi connectivity index (χ0v) is 12.4. The topological polar surface area (TPSA) is 64.2 Å². The number of hydrogen-bond donors (Lipinski definition) is 0. The smallest absolute Gasteiger partial charge is 0.290 e. The molecule has 0 spiro atoms. The minimum Gasteiger partial charge on any atom is -0.459 e. The fraction of sp³-hybridized carbons (Fsp3) is 0.533. The average Bonchev–Trinajstić information content (AvgIpc) is 3.18. The minimum atomic E-state index is -0.0680. The molecule has 0 aromatic carbocycles. The van der Waals surface area contributed by atoms with E-state index in [-0.39, 0.29) is 11.9 Å². The van der Waals surface area contributed by atoms with Crippen LogP contribution in [0.4, 0.5) is 0 Å². The maximum Gasteiger partial charge on any atom is 0.290 e. The van der Waals surface area contributed by atoms with Crippen molar-refractivity contribution in [3.05, 3.63) is 36.3 Å². The summed E-state index contributed by atoms with van der Waals surface area (Å²) in [5, 5.41) is 8.28. The van der Waals surface area contributed by atoms with E-state index in [9.17, 15) is 4.79 Å². The maximum atomic E-state index is 12.5. The van der Waals surface area contributed by atoms with E-state index >= 15 is 0 Å². The predicted octanol–water partition coefficient (Wildman–Crippen LogP) is 2.50. The molecule has 3 heterocycles. The van der Waals surface area contributed by atoms with Crippen molar-refractivity contribution in [2.24, 2.45) is 5.92 Å². The van der Waals surface area contributed by atoms with Crippen molar-refractivity contribution in [1.29, 1.82) is 0 Å². The van der Waals surface area contributed by atoms with Crippen LogP contribution in [0.2, 0.25) is 0 Å². The summed E-state index contributed by atoms with van der Waals surface area (Å²) in [7, 11) is 0. The first-order valence-electron chi connectivity index (χ1n) is 7.39. The molecular weight excluding hydrogens is 268 g/mol. The van der Waals surface area contributed by atoms with Crippen molar-refractivity contribution < 1.29 is 9.21 Å². The van der Waals surface area contributed by atoms with Crippen LogP contribution >= 0.6 is 0 Å². The molecule has 112 valence electrons. The quantitative estimate of drug-likeness (QED) is 0.867. The molecule has 6 heteroatoms. The normalized spacial score (nSPS) is 18.6. The van der Waals surface area contributed by atoms with E-state index in [4.69, 9.17) is 4.42 Å². The third kappa shape index (κ3) is 2.70. The van der Waals surface area contributed by atoms with Crippen molar-refractivity contribution >= 4 is 5.91 Å². The lowest BCUT2D eigenvalue weighted by molar-refractivity contribution is 0.0694. The molecule has 2 aromatic rings. The van der Waals surface area contributed by atoms with E-state index < -0.39 is 0 Å². The lowest BCUT2D eigenvalue weighted by Crippen LogP contribution is -2.32. The van der Waals surface area contributed by atoms with Crippen LogP contribution in [-0.2, 0) is 6.54 Å². The number of nitrogens with zero attached hydrogens (tertiary/aromatic N) is 4. The van der Waals surface area contributed by atoms with Gasteiger partial charge in [-0.15, -0.1) is 10.2 Å². The summed E-state index contributed by atoms with van der Waals surface area (Å²) in [6, 6.07) is 3.43. The number of carbonyl (C=O) groups is 1. The number of furan rings is 1. The monoisotopic (exact) mass is 288 g/mol. The van der Waals surface area contributed by atoms with Gasteiger partial charge in [0.1, 0.15) is 6.33 Å². The Kier molecular flexibility index (Phi) is 3.77. The largest absolute Gasteiger partial charge is 0.459 e. The number of hydrogen-bond acceptors (Lipinski definition) is 4. The molecule has 21 heavy (non-hydrogen) atoms. The standard InChI is InChI=1S/C15H20N4O2/c1-11(2)9-18-10-16-17-14(18)12-5-3-7-19(12)15(20)13-6-4-8-21-13/h4,6,8,10-12H,3,5,7,9H2,1-2H3. The molecular formula is C15H20N4O2. The van der Waals surface area contributed by atoms with Crippen LogP contribution in [0.5, 0.6) is 0 Å². The van der Waals surface area contributed by atoms with Crippen LogP contribution in [0.3, 0.4) is 0 Å². The fourth-order valence-corrected chi connectivity index (χ4v) is 2.88. The molecule has 1 atom stereocenters. The summed E-state index contributed by atoms with van der Waals surface area (Å²) in [6.45, 7) is 5.91. The number of likely N-dealkylation sites (tertiary alicyclic amines) is 1. The molecule has 1 aliphatic rings. The molecule has 1 amide bonds. The SMILES string of the molecule is CC(C)Cn1cnnc1C1CCCN1C(=O)c1ccco1.